The first-order chi connectivity index (χ1) is 15.3. The molecule has 0 atom stereocenters. The third kappa shape index (κ3) is 6.31. The van der Waals surface area contributed by atoms with Crippen molar-refractivity contribution < 1.29 is 14.4 Å². The highest BCUT2D eigenvalue weighted by atomic mass is 16.6. The molecule has 7 nitrogen and oxygen atoms in total. The molecule has 0 unspecified atom stereocenters. The largest absolute Gasteiger partial charge is 0.438 e. The first-order valence-corrected chi connectivity index (χ1v) is 10.3. The molecule has 0 spiro atoms. The highest BCUT2D eigenvalue weighted by Crippen LogP contribution is 2.22. The van der Waals surface area contributed by atoms with E-state index in [9.17, 15) is 4.79 Å². The SMILES string of the molecule is CC(C)(C)N(Cc1ccccc1)C(=O)CO/N=C(/N)c1cccnc1Oc1ccccc1. The number of oxime groups is 1. The van der Waals surface area contributed by atoms with E-state index in [1.54, 1.807) is 23.2 Å². The minimum absolute atomic E-state index is 0.0715. The van der Waals surface area contributed by atoms with Crippen LogP contribution in [0.5, 0.6) is 11.6 Å². The van der Waals surface area contributed by atoms with Gasteiger partial charge in [0.25, 0.3) is 5.91 Å². The van der Waals surface area contributed by atoms with Gasteiger partial charge in [-0.1, -0.05) is 53.7 Å². The van der Waals surface area contributed by atoms with E-state index in [1.165, 1.54) is 0 Å². The summed E-state index contributed by atoms with van der Waals surface area (Å²) in [6.45, 7) is 6.18. The molecule has 166 valence electrons. The van der Waals surface area contributed by atoms with Gasteiger partial charge in [0.05, 0.1) is 5.56 Å². The molecule has 0 aliphatic rings. The van der Waals surface area contributed by atoms with Crippen LogP contribution in [0.15, 0.2) is 84.1 Å². The molecule has 1 heterocycles. The van der Waals surface area contributed by atoms with Crippen LogP contribution in [0.25, 0.3) is 0 Å². The van der Waals surface area contributed by atoms with Crippen molar-refractivity contribution in [3.8, 4) is 11.6 Å². The van der Waals surface area contributed by atoms with Crippen molar-refractivity contribution in [2.75, 3.05) is 6.61 Å². The van der Waals surface area contributed by atoms with Gasteiger partial charge in [0.15, 0.2) is 12.4 Å². The van der Waals surface area contributed by atoms with E-state index >= 15 is 0 Å². The van der Waals surface area contributed by atoms with Crippen molar-refractivity contribution >= 4 is 11.7 Å². The average Bonchev–Trinajstić information content (AvgIpc) is 2.78. The van der Waals surface area contributed by atoms with Gasteiger partial charge in [0.2, 0.25) is 5.88 Å². The van der Waals surface area contributed by atoms with Crippen molar-refractivity contribution in [2.45, 2.75) is 32.9 Å². The van der Waals surface area contributed by atoms with Crippen LogP contribution >= 0.6 is 0 Å². The molecule has 0 radical (unpaired) electrons. The van der Waals surface area contributed by atoms with Gasteiger partial charge in [-0.3, -0.25) is 4.79 Å². The van der Waals surface area contributed by atoms with Crippen LogP contribution in [0.1, 0.15) is 31.9 Å². The lowest BCUT2D eigenvalue weighted by atomic mass is 10.0. The Bertz CT molecular complexity index is 1050. The first kappa shape index (κ1) is 22.8. The van der Waals surface area contributed by atoms with Gasteiger partial charge in [-0.2, -0.15) is 0 Å². The maximum Gasteiger partial charge on any atom is 0.264 e. The lowest BCUT2D eigenvalue weighted by Crippen LogP contribution is -2.46. The molecule has 3 aromatic rings. The van der Waals surface area contributed by atoms with E-state index in [4.69, 9.17) is 15.3 Å². The summed E-state index contributed by atoms with van der Waals surface area (Å²) in [5.74, 6) is 0.806. The molecule has 2 aromatic carbocycles. The summed E-state index contributed by atoms with van der Waals surface area (Å²) in [6, 6.07) is 22.5. The van der Waals surface area contributed by atoms with E-state index in [0.29, 0.717) is 23.7 Å². The average molecular weight is 433 g/mol. The second-order valence-corrected chi connectivity index (χ2v) is 8.16. The standard InChI is InChI=1S/C25H28N4O3/c1-25(2,3)29(17-19-11-6-4-7-12-19)22(30)18-31-28-23(26)21-15-10-16-27-24(21)32-20-13-8-5-9-14-20/h4-16H,17-18H2,1-3H3,(H2,26,28). The van der Waals surface area contributed by atoms with Crippen LogP contribution in [0.3, 0.4) is 0 Å². The quantitative estimate of drug-likeness (QED) is 0.325. The number of benzene rings is 2. The normalized spacial score (nSPS) is 11.7. The molecule has 3 rings (SSSR count). The number of ether oxygens (including phenoxy) is 1. The van der Waals surface area contributed by atoms with Gasteiger partial charge < -0.3 is 20.2 Å². The van der Waals surface area contributed by atoms with Crippen LogP contribution in [0.4, 0.5) is 0 Å². The van der Waals surface area contributed by atoms with Crippen molar-refractivity contribution in [2.24, 2.45) is 10.9 Å². The van der Waals surface area contributed by atoms with Gasteiger partial charge in [-0.15, -0.1) is 0 Å². The third-order valence-corrected chi connectivity index (χ3v) is 4.65. The highest BCUT2D eigenvalue weighted by molar-refractivity contribution is 5.99. The zero-order valence-corrected chi connectivity index (χ0v) is 18.6. The monoisotopic (exact) mass is 432 g/mol. The van der Waals surface area contributed by atoms with Gasteiger partial charge in [-0.05, 0) is 50.6 Å². The molecule has 0 bridgehead atoms. The predicted molar refractivity (Wildman–Crippen MR) is 124 cm³/mol. The summed E-state index contributed by atoms with van der Waals surface area (Å²) in [7, 11) is 0. The number of carbonyl (C=O) groups is 1. The number of aromatic nitrogens is 1. The molecule has 0 aliphatic carbocycles. The van der Waals surface area contributed by atoms with Crippen LogP contribution in [-0.4, -0.2) is 33.8 Å². The van der Waals surface area contributed by atoms with Crippen molar-refractivity contribution in [3.05, 3.63) is 90.1 Å². The number of pyridine rings is 1. The number of nitrogens with zero attached hydrogens (tertiary/aromatic N) is 3. The summed E-state index contributed by atoms with van der Waals surface area (Å²) < 4.78 is 5.80. The number of carbonyl (C=O) groups excluding carboxylic acids is 1. The number of nitrogens with two attached hydrogens (primary N) is 1. The fraction of sp³-hybridized carbons (Fsp3) is 0.240. The molecular formula is C25H28N4O3. The fourth-order valence-corrected chi connectivity index (χ4v) is 3.02. The second kappa shape index (κ2) is 10.4. The van der Waals surface area contributed by atoms with Gasteiger partial charge in [-0.25, -0.2) is 4.98 Å². The molecular weight excluding hydrogens is 404 g/mol. The molecule has 1 aromatic heterocycles. The van der Waals surface area contributed by atoms with E-state index in [-0.39, 0.29) is 23.9 Å². The zero-order chi connectivity index (χ0) is 23.0. The Morgan fingerprint density at radius 1 is 1.00 bits per heavy atom. The van der Waals surface area contributed by atoms with E-state index in [0.717, 1.165) is 5.56 Å². The smallest absolute Gasteiger partial charge is 0.264 e. The molecule has 0 saturated carbocycles. The van der Waals surface area contributed by atoms with Crippen LogP contribution < -0.4 is 10.5 Å². The van der Waals surface area contributed by atoms with Crippen LogP contribution in [0, 0.1) is 0 Å². The van der Waals surface area contributed by atoms with E-state index in [1.807, 2.05) is 81.4 Å². The summed E-state index contributed by atoms with van der Waals surface area (Å²) in [4.78, 5) is 24.2. The molecule has 1 amide bonds. The van der Waals surface area contributed by atoms with E-state index < -0.39 is 0 Å². The number of hydrogen-bond donors (Lipinski definition) is 1. The number of amidine groups is 1. The lowest BCUT2D eigenvalue weighted by Gasteiger charge is -2.35. The third-order valence-electron chi connectivity index (χ3n) is 4.65. The minimum atomic E-state index is -0.383. The summed E-state index contributed by atoms with van der Waals surface area (Å²) in [6.07, 6.45) is 1.60. The second-order valence-electron chi connectivity index (χ2n) is 8.16. The predicted octanol–water partition coefficient (Wildman–Crippen LogP) is 4.34. The molecule has 7 heteroatoms. The lowest BCUT2D eigenvalue weighted by molar-refractivity contribution is -0.141. The topological polar surface area (TPSA) is 90.0 Å². The Hall–Kier alpha value is -3.87. The van der Waals surface area contributed by atoms with Crippen molar-refractivity contribution in [1.29, 1.82) is 0 Å². The van der Waals surface area contributed by atoms with Crippen molar-refractivity contribution in [1.82, 2.24) is 9.88 Å². The Balaban J connectivity index is 1.67. The Kier molecular flexibility index (Phi) is 7.44. The highest BCUT2D eigenvalue weighted by Gasteiger charge is 2.27. The Morgan fingerprint density at radius 2 is 1.66 bits per heavy atom. The van der Waals surface area contributed by atoms with Gasteiger partial charge in [0, 0.05) is 18.3 Å². The first-order valence-electron chi connectivity index (χ1n) is 10.3. The molecule has 0 saturated heterocycles. The maximum absolute atomic E-state index is 12.9. The van der Waals surface area contributed by atoms with E-state index in [2.05, 4.69) is 10.1 Å². The molecule has 0 aliphatic heterocycles. The Labute approximate surface area is 188 Å². The van der Waals surface area contributed by atoms with Gasteiger partial charge in [0.1, 0.15) is 5.75 Å². The number of amides is 1. The van der Waals surface area contributed by atoms with Crippen LogP contribution in [-0.2, 0) is 16.2 Å². The maximum atomic E-state index is 12.9. The number of hydrogen-bond acceptors (Lipinski definition) is 5. The summed E-state index contributed by atoms with van der Waals surface area (Å²) in [5, 5.41) is 3.94. The Morgan fingerprint density at radius 3 is 2.31 bits per heavy atom. The molecule has 2 N–H and O–H groups in total. The van der Waals surface area contributed by atoms with Crippen molar-refractivity contribution in [3.63, 3.8) is 0 Å². The minimum Gasteiger partial charge on any atom is -0.438 e. The number of rotatable bonds is 8. The zero-order valence-electron chi connectivity index (χ0n) is 18.6. The fourth-order valence-electron chi connectivity index (χ4n) is 3.02. The number of para-hydroxylation sites is 1. The van der Waals surface area contributed by atoms with Gasteiger partial charge >= 0.3 is 0 Å². The summed E-state index contributed by atoms with van der Waals surface area (Å²) in [5.41, 5.74) is 7.23. The molecule has 32 heavy (non-hydrogen) atoms. The summed E-state index contributed by atoms with van der Waals surface area (Å²) >= 11 is 0. The molecule has 0 fully saturated rings. The van der Waals surface area contributed by atoms with Crippen LogP contribution in [0.2, 0.25) is 0 Å².